The lowest BCUT2D eigenvalue weighted by Crippen LogP contribution is -2.18. The van der Waals surface area contributed by atoms with Gasteiger partial charge in [0.1, 0.15) is 0 Å². The van der Waals surface area contributed by atoms with Crippen LogP contribution < -0.4 is 0 Å². The van der Waals surface area contributed by atoms with E-state index in [1.807, 2.05) is 13.8 Å². The monoisotopic (exact) mass is 154 g/mol. The number of carbonyl (C=O) groups is 1. The Morgan fingerprint density at radius 3 is 2.82 bits per heavy atom. The summed E-state index contributed by atoms with van der Waals surface area (Å²) in [4.78, 5) is 10.5. The average Bonchev–Trinajstić information content (AvgIpc) is 2.11. The van der Waals surface area contributed by atoms with Crippen molar-refractivity contribution in [3.63, 3.8) is 0 Å². The first kappa shape index (κ1) is 8.31. The van der Waals surface area contributed by atoms with Gasteiger partial charge in [0.2, 0.25) is 0 Å². The minimum absolute atomic E-state index is 0.0637. The smallest absolute Gasteiger partial charge is 0.304 e. The van der Waals surface area contributed by atoms with Gasteiger partial charge in [-0.05, 0) is 25.2 Å². The molecule has 0 saturated heterocycles. The van der Waals surface area contributed by atoms with Crippen LogP contribution in [0, 0.1) is 5.41 Å². The summed E-state index contributed by atoms with van der Waals surface area (Å²) in [6, 6.07) is 0. The summed E-state index contributed by atoms with van der Waals surface area (Å²) < 4.78 is 0. The Morgan fingerprint density at radius 1 is 1.82 bits per heavy atom. The van der Waals surface area contributed by atoms with Crippen molar-refractivity contribution in [2.45, 2.75) is 33.1 Å². The molecular weight excluding hydrogens is 140 g/mol. The lowest BCUT2D eigenvalue weighted by atomic mass is 9.81. The van der Waals surface area contributed by atoms with Crippen LogP contribution in [0.3, 0.4) is 0 Å². The molecule has 0 spiro atoms. The van der Waals surface area contributed by atoms with Gasteiger partial charge in [-0.1, -0.05) is 18.6 Å². The average molecular weight is 154 g/mol. The summed E-state index contributed by atoms with van der Waals surface area (Å²) in [5.74, 6) is -0.692. The number of carboxylic acid groups (broad SMARTS) is 1. The van der Waals surface area contributed by atoms with Crippen LogP contribution in [0.1, 0.15) is 33.1 Å². The highest BCUT2D eigenvalue weighted by molar-refractivity contribution is 5.68. The van der Waals surface area contributed by atoms with Gasteiger partial charge in [-0.25, -0.2) is 0 Å². The summed E-state index contributed by atoms with van der Waals surface area (Å²) in [5.41, 5.74) is 1.17. The zero-order valence-electron chi connectivity index (χ0n) is 7.05. The normalized spacial score (nSPS) is 30.2. The minimum atomic E-state index is -0.692. The summed E-state index contributed by atoms with van der Waals surface area (Å²) in [6.45, 7) is 4.05. The Kier molecular flexibility index (Phi) is 2.03. The first-order valence-corrected chi connectivity index (χ1v) is 3.94. The third-order valence-corrected chi connectivity index (χ3v) is 2.64. The fourth-order valence-electron chi connectivity index (χ4n) is 1.61. The maximum absolute atomic E-state index is 10.5. The number of allylic oxidation sites excluding steroid dienone is 2. The van der Waals surface area contributed by atoms with Crippen LogP contribution in [0.15, 0.2) is 11.6 Å². The van der Waals surface area contributed by atoms with Gasteiger partial charge in [-0.2, -0.15) is 0 Å². The molecule has 11 heavy (non-hydrogen) atoms. The van der Waals surface area contributed by atoms with Gasteiger partial charge in [-0.15, -0.1) is 0 Å². The van der Waals surface area contributed by atoms with Crippen LogP contribution in [-0.4, -0.2) is 11.1 Å². The largest absolute Gasteiger partial charge is 0.481 e. The van der Waals surface area contributed by atoms with Gasteiger partial charge in [0.15, 0.2) is 0 Å². The molecule has 0 radical (unpaired) electrons. The van der Waals surface area contributed by atoms with Crippen molar-refractivity contribution in [3.05, 3.63) is 11.6 Å². The second kappa shape index (κ2) is 2.68. The summed E-state index contributed by atoms with van der Waals surface area (Å²) in [5, 5.41) is 8.63. The van der Waals surface area contributed by atoms with Gasteiger partial charge in [-0.3, -0.25) is 4.79 Å². The van der Waals surface area contributed by atoms with Crippen molar-refractivity contribution in [2.24, 2.45) is 5.41 Å². The van der Waals surface area contributed by atoms with E-state index in [1.165, 1.54) is 5.57 Å². The van der Waals surface area contributed by atoms with Crippen molar-refractivity contribution in [3.8, 4) is 0 Å². The van der Waals surface area contributed by atoms with Crippen molar-refractivity contribution in [2.75, 3.05) is 0 Å². The third-order valence-electron chi connectivity index (χ3n) is 2.64. The highest BCUT2D eigenvalue weighted by Gasteiger charge is 2.31. The first-order valence-electron chi connectivity index (χ1n) is 3.94. The molecule has 0 aliphatic heterocycles. The Labute approximate surface area is 66.9 Å². The van der Waals surface area contributed by atoms with E-state index in [-0.39, 0.29) is 11.8 Å². The van der Waals surface area contributed by atoms with E-state index < -0.39 is 5.97 Å². The second-order valence-electron chi connectivity index (χ2n) is 3.56. The van der Waals surface area contributed by atoms with Gasteiger partial charge in [0.25, 0.3) is 0 Å². The lowest BCUT2D eigenvalue weighted by Gasteiger charge is -2.23. The number of aliphatic carboxylic acids is 1. The lowest BCUT2D eigenvalue weighted by molar-refractivity contribution is -0.139. The molecular formula is C9H14O2. The highest BCUT2D eigenvalue weighted by Crippen LogP contribution is 2.40. The maximum Gasteiger partial charge on any atom is 0.304 e. The predicted molar refractivity (Wildman–Crippen MR) is 43.4 cm³/mol. The van der Waals surface area contributed by atoms with Crippen LogP contribution in [0.25, 0.3) is 0 Å². The molecule has 1 aliphatic carbocycles. The maximum atomic E-state index is 10.5. The molecule has 2 nitrogen and oxygen atoms in total. The molecule has 1 rings (SSSR count). The van der Waals surface area contributed by atoms with E-state index in [2.05, 4.69) is 6.08 Å². The fraction of sp³-hybridized carbons (Fsp3) is 0.667. The number of carboxylic acids is 1. The first-order chi connectivity index (χ1) is 5.04. The van der Waals surface area contributed by atoms with E-state index in [1.54, 1.807) is 0 Å². The SMILES string of the molecule is CC1=CCCC1(C)CC(=O)O. The van der Waals surface area contributed by atoms with E-state index in [4.69, 9.17) is 5.11 Å². The zero-order valence-corrected chi connectivity index (χ0v) is 7.05. The molecule has 0 aromatic carbocycles. The van der Waals surface area contributed by atoms with Gasteiger partial charge in [0, 0.05) is 0 Å². The summed E-state index contributed by atoms with van der Waals surface area (Å²) in [7, 11) is 0. The van der Waals surface area contributed by atoms with E-state index in [0.29, 0.717) is 0 Å². The molecule has 62 valence electrons. The van der Waals surface area contributed by atoms with Crippen molar-refractivity contribution in [1.82, 2.24) is 0 Å². The van der Waals surface area contributed by atoms with Gasteiger partial charge < -0.3 is 5.11 Å². The van der Waals surface area contributed by atoms with Crippen molar-refractivity contribution in [1.29, 1.82) is 0 Å². The quantitative estimate of drug-likeness (QED) is 0.619. The van der Waals surface area contributed by atoms with Crippen molar-refractivity contribution >= 4 is 5.97 Å². The molecule has 1 N–H and O–H groups in total. The van der Waals surface area contributed by atoms with E-state index in [0.717, 1.165) is 12.8 Å². The Morgan fingerprint density at radius 2 is 2.45 bits per heavy atom. The van der Waals surface area contributed by atoms with Crippen molar-refractivity contribution < 1.29 is 9.90 Å². The van der Waals surface area contributed by atoms with Gasteiger partial charge >= 0.3 is 5.97 Å². The van der Waals surface area contributed by atoms with Crippen LogP contribution in [-0.2, 0) is 4.79 Å². The van der Waals surface area contributed by atoms with Crippen LogP contribution in [0.4, 0.5) is 0 Å². The zero-order chi connectivity index (χ0) is 8.48. The molecule has 0 amide bonds. The highest BCUT2D eigenvalue weighted by atomic mass is 16.4. The molecule has 0 bridgehead atoms. The molecule has 0 heterocycles. The molecule has 1 aliphatic rings. The molecule has 1 unspecified atom stereocenters. The summed E-state index contributed by atoms with van der Waals surface area (Å²) >= 11 is 0. The molecule has 1 atom stereocenters. The molecule has 2 heteroatoms. The van der Waals surface area contributed by atoms with Gasteiger partial charge in [0.05, 0.1) is 6.42 Å². The summed E-state index contributed by atoms with van der Waals surface area (Å²) in [6.07, 6.45) is 4.44. The standard InChI is InChI=1S/C9H14O2/c1-7-4-3-5-9(7,2)6-8(10)11/h4H,3,5-6H2,1-2H3,(H,10,11). The number of hydrogen-bond acceptors (Lipinski definition) is 1. The van der Waals surface area contributed by atoms with E-state index >= 15 is 0 Å². The van der Waals surface area contributed by atoms with Crippen LogP contribution in [0.2, 0.25) is 0 Å². The Balaban J connectivity index is 2.67. The fourth-order valence-corrected chi connectivity index (χ4v) is 1.61. The molecule has 0 aromatic heterocycles. The number of rotatable bonds is 2. The second-order valence-corrected chi connectivity index (χ2v) is 3.56. The predicted octanol–water partition coefficient (Wildman–Crippen LogP) is 2.21. The van der Waals surface area contributed by atoms with E-state index in [9.17, 15) is 4.79 Å². The minimum Gasteiger partial charge on any atom is -0.481 e. The third kappa shape index (κ3) is 1.62. The number of hydrogen-bond donors (Lipinski definition) is 1. The Hall–Kier alpha value is -0.790. The van der Waals surface area contributed by atoms with Crippen LogP contribution in [0.5, 0.6) is 0 Å². The molecule has 0 fully saturated rings. The Bertz CT molecular complexity index is 206. The van der Waals surface area contributed by atoms with Crippen LogP contribution >= 0.6 is 0 Å². The molecule has 0 aromatic rings. The molecule has 0 saturated carbocycles. The topological polar surface area (TPSA) is 37.3 Å².